The Bertz CT molecular complexity index is 948. The number of aryl methyl sites for hydroxylation is 1. The summed E-state index contributed by atoms with van der Waals surface area (Å²) < 4.78 is 15.3. The number of nitrogens with one attached hydrogen (secondary N) is 2. The Morgan fingerprint density at radius 2 is 1.71 bits per heavy atom. The first-order valence-corrected chi connectivity index (χ1v) is 9.93. The van der Waals surface area contributed by atoms with Crippen LogP contribution in [0.3, 0.4) is 0 Å². The molecule has 0 bridgehead atoms. The maximum atomic E-state index is 12.0. The highest BCUT2D eigenvalue weighted by Gasteiger charge is 2.12. The van der Waals surface area contributed by atoms with Gasteiger partial charge in [0, 0.05) is 29.6 Å². The van der Waals surface area contributed by atoms with Crippen LogP contribution in [0.25, 0.3) is 0 Å². The Hall–Kier alpha value is -3.26. The third kappa shape index (κ3) is 7.82. The van der Waals surface area contributed by atoms with Gasteiger partial charge in [-0.2, -0.15) is 0 Å². The van der Waals surface area contributed by atoms with Crippen LogP contribution in [-0.4, -0.2) is 38.6 Å². The lowest BCUT2D eigenvalue weighted by Crippen LogP contribution is -2.21. The maximum absolute atomic E-state index is 12.0. The summed E-state index contributed by atoms with van der Waals surface area (Å²) in [4.78, 5) is 35.8. The molecule has 2 amide bonds. The largest absolute Gasteiger partial charge is 0.497 e. The zero-order chi connectivity index (χ0) is 22.8. The molecule has 0 unspecified atom stereocenters. The Morgan fingerprint density at radius 1 is 0.935 bits per heavy atom. The van der Waals surface area contributed by atoms with Crippen molar-refractivity contribution in [3.8, 4) is 11.5 Å². The number of benzene rings is 2. The molecule has 31 heavy (non-hydrogen) atoms. The summed E-state index contributed by atoms with van der Waals surface area (Å²) in [6.45, 7) is 1.43. The van der Waals surface area contributed by atoms with Gasteiger partial charge in [-0.05, 0) is 43.2 Å². The second-order valence-electron chi connectivity index (χ2n) is 6.64. The molecule has 2 aromatic rings. The summed E-state index contributed by atoms with van der Waals surface area (Å²) in [7, 11) is 2.99. The molecule has 0 heterocycles. The molecule has 2 N–H and O–H groups in total. The number of amides is 2. The van der Waals surface area contributed by atoms with Gasteiger partial charge in [0.15, 0.2) is 6.61 Å². The van der Waals surface area contributed by atoms with Gasteiger partial charge in [0.1, 0.15) is 11.5 Å². The highest BCUT2D eigenvalue weighted by atomic mass is 35.5. The van der Waals surface area contributed by atoms with Crippen molar-refractivity contribution in [3.63, 3.8) is 0 Å². The van der Waals surface area contributed by atoms with E-state index in [0.29, 0.717) is 27.9 Å². The first-order chi connectivity index (χ1) is 14.8. The van der Waals surface area contributed by atoms with E-state index in [1.807, 2.05) is 13.0 Å². The van der Waals surface area contributed by atoms with Crippen LogP contribution < -0.4 is 20.1 Å². The number of methoxy groups -OCH3 is 2. The van der Waals surface area contributed by atoms with Crippen LogP contribution >= 0.6 is 11.6 Å². The quantitative estimate of drug-likeness (QED) is 0.533. The number of esters is 1. The van der Waals surface area contributed by atoms with Crippen LogP contribution in [0.1, 0.15) is 24.8 Å². The van der Waals surface area contributed by atoms with Gasteiger partial charge >= 0.3 is 5.97 Å². The molecule has 0 fully saturated rings. The zero-order valence-corrected chi connectivity index (χ0v) is 18.4. The molecular weight excluding hydrogens is 424 g/mol. The summed E-state index contributed by atoms with van der Waals surface area (Å²) in [5.41, 5.74) is 1.93. The van der Waals surface area contributed by atoms with Gasteiger partial charge in [0.25, 0.3) is 5.91 Å². The second-order valence-corrected chi connectivity index (χ2v) is 7.05. The van der Waals surface area contributed by atoms with Crippen LogP contribution in [0.4, 0.5) is 11.4 Å². The van der Waals surface area contributed by atoms with Crippen LogP contribution in [0, 0.1) is 6.92 Å². The fourth-order valence-corrected chi connectivity index (χ4v) is 2.77. The average molecular weight is 449 g/mol. The highest BCUT2D eigenvalue weighted by Crippen LogP contribution is 2.28. The Morgan fingerprint density at radius 3 is 2.39 bits per heavy atom. The minimum absolute atomic E-state index is 0.0151. The lowest BCUT2D eigenvalue weighted by molar-refractivity contribution is -0.147. The van der Waals surface area contributed by atoms with Crippen molar-refractivity contribution in [1.29, 1.82) is 0 Å². The molecule has 9 heteroatoms. The highest BCUT2D eigenvalue weighted by molar-refractivity contribution is 6.31. The number of rotatable bonds is 10. The van der Waals surface area contributed by atoms with Gasteiger partial charge in [-0.25, -0.2) is 0 Å². The van der Waals surface area contributed by atoms with Crippen LogP contribution in [0.15, 0.2) is 36.4 Å². The standard InChI is InChI=1S/C22H25ClN2O6/c1-14-7-8-15(11-17(14)23)24-20(26)5-4-6-22(28)31-13-21(27)25-18-10-9-16(29-2)12-19(18)30-3/h7-12H,4-6,13H2,1-3H3,(H,24,26)(H,25,27). The van der Waals surface area contributed by atoms with Gasteiger partial charge in [-0.15, -0.1) is 0 Å². The van der Waals surface area contributed by atoms with Gasteiger partial charge in [0.05, 0.1) is 19.9 Å². The first-order valence-electron chi connectivity index (χ1n) is 9.56. The maximum Gasteiger partial charge on any atom is 0.306 e. The van der Waals surface area contributed by atoms with Gasteiger partial charge < -0.3 is 24.8 Å². The number of carbonyl (C=O) groups is 3. The minimum Gasteiger partial charge on any atom is -0.497 e. The van der Waals surface area contributed by atoms with Crippen molar-refractivity contribution >= 4 is 40.8 Å². The Balaban J connectivity index is 1.70. The van der Waals surface area contributed by atoms with Crippen LogP contribution in [-0.2, 0) is 19.1 Å². The molecule has 0 aliphatic heterocycles. The van der Waals surface area contributed by atoms with E-state index in [2.05, 4.69) is 10.6 Å². The van der Waals surface area contributed by atoms with Crippen molar-refractivity contribution in [3.05, 3.63) is 47.0 Å². The topological polar surface area (TPSA) is 103 Å². The molecule has 0 aliphatic carbocycles. The molecule has 0 atom stereocenters. The van der Waals surface area contributed by atoms with Crippen molar-refractivity contribution in [1.82, 2.24) is 0 Å². The van der Waals surface area contributed by atoms with E-state index in [-0.39, 0.29) is 25.2 Å². The lowest BCUT2D eigenvalue weighted by atomic mass is 10.2. The van der Waals surface area contributed by atoms with Gasteiger partial charge in [-0.3, -0.25) is 14.4 Å². The molecule has 0 saturated carbocycles. The van der Waals surface area contributed by atoms with Crippen molar-refractivity contribution in [2.45, 2.75) is 26.2 Å². The molecule has 0 aromatic heterocycles. The molecule has 0 radical (unpaired) electrons. The Labute approximate surface area is 185 Å². The fourth-order valence-electron chi connectivity index (χ4n) is 2.59. The molecule has 0 spiro atoms. The molecule has 166 valence electrons. The Kier molecular flexibility index (Phi) is 9.14. The zero-order valence-electron chi connectivity index (χ0n) is 17.6. The number of ether oxygens (including phenoxy) is 3. The van der Waals surface area contributed by atoms with Crippen molar-refractivity contribution in [2.75, 3.05) is 31.5 Å². The number of hydrogen-bond donors (Lipinski definition) is 2. The van der Waals surface area contributed by atoms with E-state index >= 15 is 0 Å². The van der Waals surface area contributed by atoms with Gasteiger partial charge in [0.2, 0.25) is 5.91 Å². The van der Waals surface area contributed by atoms with Crippen molar-refractivity contribution in [2.24, 2.45) is 0 Å². The number of hydrogen-bond acceptors (Lipinski definition) is 6. The predicted molar refractivity (Wildman–Crippen MR) is 118 cm³/mol. The SMILES string of the molecule is COc1ccc(NC(=O)COC(=O)CCCC(=O)Nc2ccc(C)c(Cl)c2)c(OC)c1. The average Bonchev–Trinajstić information content (AvgIpc) is 2.75. The third-order valence-electron chi connectivity index (χ3n) is 4.29. The van der Waals surface area contributed by atoms with E-state index in [0.717, 1.165) is 5.56 Å². The van der Waals surface area contributed by atoms with Crippen LogP contribution in [0.5, 0.6) is 11.5 Å². The van der Waals surface area contributed by atoms with E-state index in [1.54, 1.807) is 30.3 Å². The summed E-state index contributed by atoms with van der Waals surface area (Å²) in [6, 6.07) is 10.1. The molecule has 2 rings (SSSR count). The van der Waals surface area contributed by atoms with E-state index in [4.69, 9.17) is 25.8 Å². The summed E-state index contributed by atoms with van der Waals surface area (Å²) in [6.07, 6.45) is 0.440. The predicted octanol–water partition coefficient (Wildman–Crippen LogP) is 3.96. The lowest BCUT2D eigenvalue weighted by Gasteiger charge is -2.11. The monoisotopic (exact) mass is 448 g/mol. The molecule has 8 nitrogen and oxygen atoms in total. The number of carbonyl (C=O) groups excluding carboxylic acids is 3. The minimum atomic E-state index is -0.567. The summed E-state index contributed by atoms with van der Waals surface area (Å²) in [5.74, 6) is -0.318. The van der Waals surface area contributed by atoms with Crippen LogP contribution in [0.2, 0.25) is 5.02 Å². The fraction of sp³-hybridized carbons (Fsp3) is 0.318. The van der Waals surface area contributed by atoms with E-state index in [9.17, 15) is 14.4 Å². The van der Waals surface area contributed by atoms with Gasteiger partial charge in [-0.1, -0.05) is 17.7 Å². The molecule has 0 aliphatic rings. The summed E-state index contributed by atoms with van der Waals surface area (Å²) in [5, 5.41) is 5.89. The van der Waals surface area contributed by atoms with E-state index in [1.165, 1.54) is 14.2 Å². The molecule has 0 saturated heterocycles. The second kappa shape index (κ2) is 11.8. The van der Waals surface area contributed by atoms with E-state index < -0.39 is 18.5 Å². The molecule has 2 aromatic carbocycles. The number of anilines is 2. The normalized spacial score (nSPS) is 10.2. The smallest absolute Gasteiger partial charge is 0.306 e. The third-order valence-corrected chi connectivity index (χ3v) is 4.69. The first kappa shape index (κ1) is 24.0. The number of halogens is 1. The van der Waals surface area contributed by atoms with Crippen molar-refractivity contribution < 1.29 is 28.6 Å². The molecular formula is C22H25ClN2O6. The summed E-state index contributed by atoms with van der Waals surface area (Å²) >= 11 is 6.03.